The van der Waals surface area contributed by atoms with Crippen LogP contribution in [0.3, 0.4) is 0 Å². The molecule has 6 rings (SSSR count). The lowest BCUT2D eigenvalue weighted by atomic mass is 9.72. The third-order valence-electron chi connectivity index (χ3n) is 11.9. The average molecular weight is 843 g/mol. The minimum absolute atomic E-state index is 0.0168. The Kier molecular flexibility index (Phi) is 15.8. The zero-order valence-electron chi connectivity index (χ0n) is 34.0. The lowest BCUT2D eigenvalue weighted by molar-refractivity contribution is 0.434. The molecule has 0 saturated heterocycles. The van der Waals surface area contributed by atoms with Crippen molar-refractivity contribution in [2.45, 2.75) is 137 Å². The molecule has 55 heavy (non-hydrogen) atoms. The maximum atomic E-state index is 4.94. The van der Waals surface area contributed by atoms with Crippen molar-refractivity contribution >= 4 is 95.7 Å². The van der Waals surface area contributed by atoms with Crippen LogP contribution in [0.1, 0.15) is 144 Å². The first kappa shape index (κ1) is 42.8. The number of fused-ring (bicyclic) bond motifs is 2. The van der Waals surface area contributed by atoms with Gasteiger partial charge in [-0.15, -0.1) is 58.0 Å². The second-order valence-corrected chi connectivity index (χ2v) is 20.9. The monoisotopic (exact) mass is 842 g/mol. The molecule has 6 heteroatoms. The van der Waals surface area contributed by atoms with Crippen LogP contribution in [0.25, 0.3) is 46.0 Å². The largest absolute Gasteiger partial charge is 0.150 e. The Balaban J connectivity index is 1.63. The van der Waals surface area contributed by atoms with E-state index in [9.17, 15) is 0 Å². The van der Waals surface area contributed by atoms with Gasteiger partial charge in [0.25, 0.3) is 0 Å². The highest BCUT2D eigenvalue weighted by molar-refractivity contribution is 7.93. The van der Waals surface area contributed by atoms with Crippen molar-refractivity contribution in [1.29, 1.82) is 0 Å². The molecule has 2 unspecified atom stereocenters. The Hall–Kier alpha value is -1.80. The summed E-state index contributed by atoms with van der Waals surface area (Å²) in [7, 11) is 0. The van der Waals surface area contributed by atoms with Crippen molar-refractivity contribution in [3.05, 3.63) is 97.2 Å². The summed E-state index contributed by atoms with van der Waals surface area (Å²) in [6, 6.07) is 26.3. The van der Waals surface area contributed by atoms with Gasteiger partial charge in [-0.1, -0.05) is 136 Å². The second-order valence-electron chi connectivity index (χ2n) is 15.7. The van der Waals surface area contributed by atoms with Crippen LogP contribution < -0.4 is 0 Å². The molecule has 0 radical (unpaired) electrons. The van der Waals surface area contributed by atoms with Crippen LogP contribution in [-0.4, -0.2) is 0 Å². The van der Waals surface area contributed by atoms with Crippen LogP contribution in [0.5, 0.6) is 0 Å². The van der Waals surface area contributed by atoms with Gasteiger partial charge in [0.05, 0.1) is 0 Å². The molecule has 6 aromatic rings. The quantitative estimate of drug-likeness (QED) is 0.0663. The average Bonchev–Trinajstić information content (AvgIpc) is 4.04. The molecular formula is C49H62S6. The Labute approximate surface area is 359 Å². The van der Waals surface area contributed by atoms with Crippen LogP contribution in [0, 0.1) is 11.8 Å². The van der Waals surface area contributed by atoms with Gasteiger partial charge in [0, 0.05) is 70.9 Å². The van der Waals surface area contributed by atoms with Gasteiger partial charge in [0.2, 0.25) is 0 Å². The third-order valence-corrected chi connectivity index (χ3v) is 17.6. The summed E-state index contributed by atoms with van der Waals surface area (Å²) in [6.45, 7) is 14.1. The number of unbranched alkanes of at least 4 members (excludes halogenated alkanes) is 2. The number of rotatable bonds is 21. The number of hydrogen-bond acceptors (Lipinski definition) is 6. The number of thiophene rings is 4. The number of hydrogen-bond donors (Lipinski definition) is 2. The zero-order chi connectivity index (χ0) is 39.0. The first-order valence-electron chi connectivity index (χ1n) is 21.1. The Morgan fingerprint density at radius 2 is 1.16 bits per heavy atom. The molecule has 4 aromatic heterocycles. The molecule has 0 N–H and O–H groups in total. The smallest absolute Gasteiger partial charge is 0.0449 e. The first-order valence-corrected chi connectivity index (χ1v) is 25.4. The molecule has 0 fully saturated rings. The van der Waals surface area contributed by atoms with Crippen LogP contribution in [0.4, 0.5) is 0 Å². The van der Waals surface area contributed by atoms with E-state index < -0.39 is 0 Å². The van der Waals surface area contributed by atoms with Gasteiger partial charge in [-0.2, -0.15) is 12.6 Å². The second kappa shape index (κ2) is 20.3. The van der Waals surface area contributed by atoms with Gasteiger partial charge in [-0.05, 0) is 84.9 Å². The maximum Gasteiger partial charge on any atom is 0.0449 e. The maximum absolute atomic E-state index is 4.94. The van der Waals surface area contributed by atoms with Crippen molar-refractivity contribution in [3.8, 4) is 20.9 Å². The minimum Gasteiger partial charge on any atom is -0.150 e. The van der Waals surface area contributed by atoms with Crippen molar-refractivity contribution in [2.24, 2.45) is 11.8 Å². The van der Waals surface area contributed by atoms with Crippen molar-refractivity contribution < 1.29 is 0 Å². The van der Waals surface area contributed by atoms with Crippen molar-refractivity contribution in [3.63, 3.8) is 0 Å². The number of thiol groups is 2. The van der Waals surface area contributed by atoms with Gasteiger partial charge in [0.1, 0.15) is 0 Å². The lowest BCUT2D eigenvalue weighted by Crippen LogP contribution is -2.26. The Bertz CT molecular complexity index is 2020. The molecule has 0 spiro atoms. The molecule has 2 aromatic carbocycles. The van der Waals surface area contributed by atoms with E-state index in [2.05, 4.69) is 132 Å². The summed E-state index contributed by atoms with van der Waals surface area (Å²) in [6.07, 6.45) is 17.3. The molecule has 0 saturated carbocycles. The Morgan fingerprint density at radius 1 is 0.636 bits per heavy atom. The highest BCUT2D eigenvalue weighted by Crippen LogP contribution is 2.55. The van der Waals surface area contributed by atoms with E-state index in [0.29, 0.717) is 0 Å². The number of benzene rings is 2. The molecule has 0 aliphatic carbocycles. The highest BCUT2D eigenvalue weighted by atomic mass is 32.1. The topological polar surface area (TPSA) is 0 Å². The van der Waals surface area contributed by atoms with E-state index in [1.165, 1.54) is 130 Å². The fraction of sp³-hybridized carbons (Fsp3) is 0.469. The van der Waals surface area contributed by atoms with Crippen LogP contribution >= 0.6 is 70.6 Å². The van der Waals surface area contributed by atoms with E-state index in [4.69, 9.17) is 12.6 Å². The standard InChI is InChI=1S/C49H62S6/c1-7-13-18-33(11-5)28-36-22-24-41(52-36)45-38-30-43(40(51)32-50)54-47(38)46(42-25-23-37(53-42)29-34(12-6)19-14-8-2)39-31-44(55-48(39)45)49(26-9-3,27-10-4)35-20-16-15-17-21-35/h15-17,20-25,30-34,50-51H,7-14,18-19,26-29H2,1-6H3/b40-32+. The predicted octanol–water partition coefficient (Wildman–Crippen LogP) is 18.1. The Morgan fingerprint density at radius 3 is 1.65 bits per heavy atom. The summed E-state index contributed by atoms with van der Waals surface area (Å²) < 4.78 is 2.83. The molecule has 294 valence electrons. The van der Waals surface area contributed by atoms with E-state index in [1.54, 1.807) is 0 Å². The highest BCUT2D eigenvalue weighted by Gasteiger charge is 2.36. The zero-order valence-corrected chi connectivity index (χ0v) is 39.1. The van der Waals surface area contributed by atoms with E-state index in [1.807, 2.05) is 39.4 Å². The molecule has 0 bridgehead atoms. The fourth-order valence-electron chi connectivity index (χ4n) is 8.80. The van der Waals surface area contributed by atoms with Crippen LogP contribution in [-0.2, 0) is 18.3 Å². The molecule has 0 amide bonds. The van der Waals surface area contributed by atoms with Gasteiger partial charge in [-0.25, -0.2) is 0 Å². The van der Waals surface area contributed by atoms with E-state index >= 15 is 0 Å². The van der Waals surface area contributed by atoms with Crippen LogP contribution in [0.15, 0.2) is 72.1 Å². The SMILES string of the molecule is CCCCC(CC)Cc1ccc(-c2c3cc(C(CCC)(CCC)c4ccccc4)sc3c(-c3ccc(CC(CC)CCCC)s3)c3cc(/C(S)=C\S)sc23)s1. The normalized spacial score (nSPS) is 13.7. The summed E-state index contributed by atoms with van der Waals surface area (Å²) in [4.78, 5) is 9.49. The molecule has 0 aliphatic heterocycles. The van der Waals surface area contributed by atoms with Gasteiger partial charge < -0.3 is 0 Å². The third kappa shape index (κ3) is 9.42. The fourth-order valence-corrected chi connectivity index (χ4v) is 14.4. The molecule has 4 heterocycles. The summed E-state index contributed by atoms with van der Waals surface area (Å²) >= 11 is 17.6. The molecule has 0 nitrogen and oxygen atoms in total. The lowest BCUT2D eigenvalue weighted by Gasteiger charge is -2.33. The minimum atomic E-state index is -0.0168. The molecule has 2 atom stereocenters. The molecule has 0 aliphatic rings. The van der Waals surface area contributed by atoms with Crippen molar-refractivity contribution in [1.82, 2.24) is 0 Å². The van der Waals surface area contributed by atoms with Crippen molar-refractivity contribution in [2.75, 3.05) is 0 Å². The summed E-state index contributed by atoms with van der Waals surface area (Å²) in [5.74, 6) is 1.50. The van der Waals surface area contributed by atoms with Crippen LogP contribution in [0.2, 0.25) is 0 Å². The van der Waals surface area contributed by atoms with E-state index in [0.717, 1.165) is 42.4 Å². The first-order chi connectivity index (χ1) is 26.8. The predicted molar refractivity (Wildman–Crippen MR) is 261 cm³/mol. The van der Waals surface area contributed by atoms with Gasteiger partial charge in [0.15, 0.2) is 0 Å². The summed E-state index contributed by atoms with van der Waals surface area (Å²) in [5.41, 5.74) is 4.28. The molecular weight excluding hydrogens is 781 g/mol. The summed E-state index contributed by atoms with van der Waals surface area (Å²) in [5, 5.41) is 4.64. The van der Waals surface area contributed by atoms with Gasteiger partial charge >= 0.3 is 0 Å². The van der Waals surface area contributed by atoms with Gasteiger partial charge in [-0.3, -0.25) is 0 Å². The van der Waals surface area contributed by atoms with E-state index in [-0.39, 0.29) is 5.41 Å².